The van der Waals surface area contributed by atoms with Crippen molar-refractivity contribution in [1.82, 2.24) is 0 Å². The highest BCUT2D eigenvalue weighted by molar-refractivity contribution is 9.09. The van der Waals surface area contributed by atoms with E-state index in [0.29, 0.717) is 12.5 Å². The second-order valence-electron chi connectivity index (χ2n) is 3.96. The lowest BCUT2D eigenvalue weighted by Crippen LogP contribution is -2.30. The molecule has 18 heavy (non-hydrogen) atoms. The Morgan fingerprint density at radius 2 is 1.89 bits per heavy atom. The van der Waals surface area contributed by atoms with Crippen molar-refractivity contribution in [3.63, 3.8) is 0 Å². The molecule has 1 aromatic carbocycles. The Morgan fingerprint density at radius 3 is 2.56 bits per heavy atom. The highest BCUT2D eigenvalue weighted by atomic mass is 79.9. The van der Waals surface area contributed by atoms with Crippen LogP contribution in [0, 0.1) is 11.6 Å². The van der Waals surface area contributed by atoms with Gasteiger partial charge in [0, 0.05) is 17.9 Å². The molecule has 2 rings (SSSR count). The summed E-state index contributed by atoms with van der Waals surface area (Å²) in [4.78, 5) is 24.4. The third-order valence-electron chi connectivity index (χ3n) is 2.76. The highest BCUT2D eigenvalue weighted by Crippen LogP contribution is 2.32. The quantitative estimate of drug-likeness (QED) is 0.486. The van der Waals surface area contributed by atoms with Gasteiger partial charge in [0.1, 0.15) is 11.6 Å². The molecule has 0 saturated heterocycles. The van der Waals surface area contributed by atoms with Gasteiger partial charge in [-0.1, -0.05) is 15.9 Å². The van der Waals surface area contributed by atoms with Crippen molar-refractivity contribution >= 4 is 33.3 Å². The van der Waals surface area contributed by atoms with Crippen molar-refractivity contribution in [2.24, 2.45) is 0 Å². The van der Waals surface area contributed by atoms with Crippen molar-refractivity contribution in [2.75, 3.05) is 16.8 Å². The first-order valence-corrected chi connectivity index (χ1v) is 6.59. The third kappa shape index (κ3) is 2.16. The van der Waals surface area contributed by atoms with Crippen LogP contribution >= 0.6 is 15.9 Å². The summed E-state index contributed by atoms with van der Waals surface area (Å²) in [5, 5.41) is 0.771. The molecule has 6 heteroatoms. The topological polar surface area (TPSA) is 37.4 Å². The first-order chi connectivity index (χ1) is 8.56. The van der Waals surface area contributed by atoms with Gasteiger partial charge in [0.2, 0.25) is 0 Å². The predicted octanol–water partition coefficient (Wildman–Crippen LogP) is 2.67. The first kappa shape index (κ1) is 13.1. The molecule has 0 bridgehead atoms. The lowest BCUT2D eigenvalue weighted by atomic mass is 10.1. The van der Waals surface area contributed by atoms with Crippen molar-refractivity contribution in [3.05, 3.63) is 29.3 Å². The average molecular weight is 318 g/mol. The molecule has 0 aliphatic carbocycles. The standard InChI is InChI=1S/C12H10BrF2NO2/c13-3-1-2-4-16-9-6-7(14)5-8(15)10(9)11(17)12(16)18/h5-6H,1-4H2. The van der Waals surface area contributed by atoms with Gasteiger partial charge in [-0.2, -0.15) is 0 Å². The monoisotopic (exact) mass is 317 g/mol. The maximum absolute atomic E-state index is 13.5. The van der Waals surface area contributed by atoms with Gasteiger partial charge < -0.3 is 4.90 Å². The fraction of sp³-hybridized carbons (Fsp3) is 0.333. The van der Waals surface area contributed by atoms with E-state index in [-0.39, 0.29) is 17.8 Å². The van der Waals surface area contributed by atoms with Gasteiger partial charge in [0.25, 0.3) is 11.7 Å². The minimum absolute atomic E-state index is 0.0390. The van der Waals surface area contributed by atoms with Crippen molar-refractivity contribution in [3.8, 4) is 0 Å². The maximum Gasteiger partial charge on any atom is 0.299 e. The number of ketones is 1. The van der Waals surface area contributed by atoms with E-state index < -0.39 is 23.3 Å². The molecule has 0 fully saturated rings. The van der Waals surface area contributed by atoms with Crippen LogP contribution in [0.4, 0.5) is 14.5 Å². The number of anilines is 1. The Morgan fingerprint density at radius 1 is 1.17 bits per heavy atom. The smallest absolute Gasteiger partial charge is 0.299 e. The molecular formula is C12H10BrF2NO2. The van der Waals surface area contributed by atoms with Gasteiger partial charge in [-0.25, -0.2) is 8.78 Å². The molecule has 0 radical (unpaired) electrons. The largest absolute Gasteiger partial charge is 0.305 e. The Labute approximate surface area is 111 Å². The van der Waals surface area contributed by atoms with E-state index in [2.05, 4.69) is 15.9 Å². The SMILES string of the molecule is O=C1C(=O)N(CCCCBr)c2cc(F)cc(F)c21. The Hall–Kier alpha value is -1.30. The summed E-state index contributed by atoms with van der Waals surface area (Å²) < 4.78 is 26.6. The van der Waals surface area contributed by atoms with Gasteiger partial charge in [-0.05, 0) is 18.9 Å². The molecule has 0 aromatic heterocycles. The fourth-order valence-electron chi connectivity index (χ4n) is 1.92. The third-order valence-corrected chi connectivity index (χ3v) is 3.32. The number of amides is 1. The molecule has 3 nitrogen and oxygen atoms in total. The van der Waals surface area contributed by atoms with E-state index in [0.717, 1.165) is 22.7 Å². The number of nitrogens with zero attached hydrogens (tertiary/aromatic N) is 1. The van der Waals surface area contributed by atoms with Gasteiger partial charge in [0.05, 0.1) is 11.3 Å². The van der Waals surface area contributed by atoms with E-state index in [1.54, 1.807) is 0 Å². The fourth-order valence-corrected chi connectivity index (χ4v) is 2.32. The molecule has 0 spiro atoms. The van der Waals surface area contributed by atoms with Crippen LogP contribution in [0.25, 0.3) is 0 Å². The van der Waals surface area contributed by atoms with E-state index in [1.165, 1.54) is 0 Å². The van der Waals surface area contributed by atoms with Crippen LogP contribution in [0.5, 0.6) is 0 Å². The number of halogens is 3. The number of hydrogen-bond donors (Lipinski definition) is 0. The normalized spacial score (nSPS) is 14.3. The molecule has 1 amide bonds. The lowest BCUT2D eigenvalue weighted by Gasteiger charge is -2.15. The minimum atomic E-state index is -0.980. The van der Waals surface area contributed by atoms with Crippen LogP contribution in [0.1, 0.15) is 23.2 Å². The summed E-state index contributed by atoms with van der Waals surface area (Å²) in [6.07, 6.45) is 1.47. The summed E-state index contributed by atoms with van der Waals surface area (Å²) >= 11 is 3.25. The predicted molar refractivity (Wildman–Crippen MR) is 66.1 cm³/mol. The molecule has 1 aliphatic heterocycles. The summed E-state index contributed by atoms with van der Waals surface area (Å²) in [7, 11) is 0. The van der Waals surface area contributed by atoms with Crippen LogP contribution in [-0.4, -0.2) is 23.6 Å². The molecule has 0 unspecified atom stereocenters. The number of hydrogen-bond acceptors (Lipinski definition) is 2. The molecular weight excluding hydrogens is 308 g/mol. The van der Waals surface area contributed by atoms with E-state index in [4.69, 9.17) is 0 Å². The highest BCUT2D eigenvalue weighted by Gasteiger charge is 2.38. The lowest BCUT2D eigenvalue weighted by molar-refractivity contribution is -0.114. The zero-order valence-corrected chi connectivity index (χ0v) is 11.0. The first-order valence-electron chi connectivity index (χ1n) is 5.47. The number of rotatable bonds is 4. The van der Waals surface area contributed by atoms with E-state index >= 15 is 0 Å². The molecule has 0 saturated carbocycles. The zero-order chi connectivity index (χ0) is 13.3. The Kier molecular flexibility index (Phi) is 3.75. The van der Waals surface area contributed by atoms with Crippen LogP contribution in [0.3, 0.4) is 0 Å². The molecule has 0 atom stereocenters. The zero-order valence-electron chi connectivity index (χ0n) is 9.38. The second kappa shape index (κ2) is 5.14. The maximum atomic E-state index is 13.5. The van der Waals surface area contributed by atoms with Crippen LogP contribution < -0.4 is 4.90 Å². The summed E-state index contributed by atoms with van der Waals surface area (Å²) in [6, 6.07) is 1.64. The number of alkyl halides is 1. The van der Waals surface area contributed by atoms with Gasteiger partial charge >= 0.3 is 0 Å². The summed E-state index contributed by atoms with van der Waals surface area (Å²) in [5.41, 5.74) is -0.280. The van der Waals surface area contributed by atoms with Gasteiger partial charge in [-0.3, -0.25) is 9.59 Å². The number of carbonyl (C=O) groups excluding carboxylic acids is 2. The minimum Gasteiger partial charge on any atom is -0.305 e. The molecule has 1 aliphatic rings. The number of Topliss-reactive ketones (excluding diaryl/α,β-unsaturated/α-hetero) is 1. The second-order valence-corrected chi connectivity index (χ2v) is 4.76. The number of carbonyl (C=O) groups is 2. The van der Waals surface area contributed by atoms with Crippen LogP contribution in [0.2, 0.25) is 0 Å². The Bertz CT molecular complexity index is 519. The number of unbranched alkanes of at least 4 members (excludes halogenated alkanes) is 1. The number of fused-ring (bicyclic) bond motifs is 1. The average Bonchev–Trinajstić information content (AvgIpc) is 2.54. The van der Waals surface area contributed by atoms with E-state index in [1.807, 2.05) is 0 Å². The number of benzene rings is 1. The van der Waals surface area contributed by atoms with Gasteiger partial charge in [0.15, 0.2) is 0 Å². The van der Waals surface area contributed by atoms with Crippen molar-refractivity contribution in [2.45, 2.75) is 12.8 Å². The van der Waals surface area contributed by atoms with Crippen molar-refractivity contribution < 1.29 is 18.4 Å². The molecule has 96 valence electrons. The Balaban J connectivity index is 2.35. The molecule has 1 heterocycles. The van der Waals surface area contributed by atoms with Crippen molar-refractivity contribution in [1.29, 1.82) is 0 Å². The van der Waals surface area contributed by atoms with Gasteiger partial charge in [-0.15, -0.1) is 0 Å². The summed E-state index contributed by atoms with van der Waals surface area (Å²) in [5.74, 6) is -3.46. The van der Waals surface area contributed by atoms with E-state index in [9.17, 15) is 18.4 Å². The van der Waals surface area contributed by atoms with Crippen LogP contribution in [0.15, 0.2) is 12.1 Å². The van der Waals surface area contributed by atoms with Crippen LogP contribution in [-0.2, 0) is 4.79 Å². The summed E-state index contributed by atoms with van der Waals surface area (Å²) in [6.45, 7) is 0.284. The molecule has 0 N–H and O–H groups in total. The molecule has 1 aromatic rings.